The minimum Gasteiger partial charge on any atom is -0.468 e. The Labute approximate surface area is 162 Å². The van der Waals surface area contributed by atoms with Crippen LogP contribution in [0.25, 0.3) is 0 Å². The summed E-state index contributed by atoms with van der Waals surface area (Å²) in [5.74, 6) is 0. The first-order valence-electron chi connectivity index (χ1n) is 8.53. The third-order valence-electron chi connectivity index (χ3n) is 4.09. The number of anilines is 3. The molecule has 0 saturated heterocycles. The van der Waals surface area contributed by atoms with Crippen LogP contribution in [0.15, 0.2) is 83.3 Å². The molecule has 0 amide bonds. The van der Waals surface area contributed by atoms with Gasteiger partial charge in [-0.15, -0.1) is 0 Å². The number of hydrogen-bond donors (Lipinski definition) is 0. The molecule has 26 heavy (non-hydrogen) atoms. The van der Waals surface area contributed by atoms with Crippen LogP contribution < -0.4 is 4.90 Å². The largest absolute Gasteiger partial charge is 0.468 e. The SMILES string of the molecule is O=COCCCc1ccc(N(c2ccccc2)c2ccc(Br)cc2)cc1. The second kappa shape index (κ2) is 9.20. The minimum absolute atomic E-state index is 0.459. The van der Waals surface area contributed by atoms with Crippen molar-refractivity contribution in [2.24, 2.45) is 0 Å². The highest BCUT2D eigenvalue weighted by atomic mass is 79.9. The summed E-state index contributed by atoms with van der Waals surface area (Å²) in [5.41, 5.74) is 4.55. The van der Waals surface area contributed by atoms with E-state index in [1.165, 1.54) is 5.56 Å². The van der Waals surface area contributed by atoms with Gasteiger partial charge in [-0.3, -0.25) is 4.79 Å². The summed E-state index contributed by atoms with van der Waals surface area (Å²) in [7, 11) is 0. The van der Waals surface area contributed by atoms with E-state index in [0.29, 0.717) is 13.1 Å². The number of halogens is 1. The van der Waals surface area contributed by atoms with Gasteiger partial charge in [0.2, 0.25) is 0 Å². The van der Waals surface area contributed by atoms with E-state index in [1.807, 2.05) is 30.3 Å². The standard InChI is InChI=1S/C22H20BrNO2/c23-19-10-14-22(15-11-19)24(20-6-2-1-3-7-20)21-12-8-18(9-13-21)5-4-16-26-17-25/h1-3,6-15,17H,4-5,16H2. The number of benzene rings is 3. The highest BCUT2D eigenvalue weighted by Crippen LogP contribution is 2.34. The lowest BCUT2D eigenvalue weighted by Gasteiger charge is -2.25. The van der Waals surface area contributed by atoms with Crippen molar-refractivity contribution >= 4 is 39.5 Å². The lowest BCUT2D eigenvalue weighted by molar-refractivity contribution is -0.128. The Morgan fingerprint density at radius 2 is 1.38 bits per heavy atom. The summed E-state index contributed by atoms with van der Waals surface area (Å²) in [6.45, 7) is 0.958. The van der Waals surface area contributed by atoms with Crippen molar-refractivity contribution in [3.63, 3.8) is 0 Å². The number of carbonyl (C=O) groups is 1. The quantitative estimate of drug-likeness (QED) is 0.336. The second-order valence-corrected chi connectivity index (χ2v) is 6.80. The van der Waals surface area contributed by atoms with E-state index in [1.54, 1.807) is 0 Å². The van der Waals surface area contributed by atoms with Gasteiger partial charge in [0.15, 0.2) is 0 Å². The molecule has 0 aliphatic rings. The predicted octanol–water partition coefficient (Wildman–Crippen LogP) is 6.02. The number of hydrogen-bond acceptors (Lipinski definition) is 3. The molecule has 0 heterocycles. The Hall–Kier alpha value is -2.59. The summed E-state index contributed by atoms with van der Waals surface area (Å²) in [5, 5.41) is 0. The molecule has 0 fully saturated rings. The van der Waals surface area contributed by atoms with Gasteiger partial charge in [0, 0.05) is 21.5 Å². The zero-order valence-corrected chi connectivity index (χ0v) is 15.9. The Morgan fingerprint density at radius 1 is 0.808 bits per heavy atom. The average molecular weight is 410 g/mol. The van der Waals surface area contributed by atoms with Crippen molar-refractivity contribution in [1.29, 1.82) is 0 Å². The molecule has 4 heteroatoms. The number of nitrogens with zero attached hydrogens (tertiary/aromatic N) is 1. The van der Waals surface area contributed by atoms with Crippen LogP contribution in [0.1, 0.15) is 12.0 Å². The molecule has 132 valence electrons. The molecule has 3 rings (SSSR count). The van der Waals surface area contributed by atoms with E-state index in [4.69, 9.17) is 4.74 Å². The highest BCUT2D eigenvalue weighted by molar-refractivity contribution is 9.10. The molecule has 0 saturated carbocycles. The Balaban J connectivity index is 1.85. The van der Waals surface area contributed by atoms with Crippen molar-refractivity contribution in [3.8, 4) is 0 Å². The van der Waals surface area contributed by atoms with Gasteiger partial charge < -0.3 is 9.64 Å². The van der Waals surface area contributed by atoms with Crippen LogP contribution in [-0.4, -0.2) is 13.1 Å². The lowest BCUT2D eigenvalue weighted by Crippen LogP contribution is -2.09. The van der Waals surface area contributed by atoms with Crippen LogP contribution in [0.3, 0.4) is 0 Å². The summed E-state index contributed by atoms with van der Waals surface area (Å²) in [6.07, 6.45) is 1.71. The van der Waals surface area contributed by atoms with E-state index in [2.05, 4.69) is 69.4 Å². The summed E-state index contributed by atoms with van der Waals surface area (Å²) in [4.78, 5) is 12.4. The molecule has 0 N–H and O–H groups in total. The van der Waals surface area contributed by atoms with Gasteiger partial charge in [-0.1, -0.05) is 46.3 Å². The lowest BCUT2D eigenvalue weighted by atomic mass is 10.1. The van der Waals surface area contributed by atoms with Crippen LogP contribution >= 0.6 is 15.9 Å². The highest BCUT2D eigenvalue weighted by Gasteiger charge is 2.11. The Kier molecular flexibility index (Phi) is 6.45. The minimum atomic E-state index is 0.459. The molecular formula is C22H20BrNO2. The van der Waals surface area contributed by atoms with Crippen molar-refractivity contribution in [2.75, 3.05) is 11.5 Å². The number of carbonyl (C=O) groups excluding carboxylic acids is 1. The van der Waals surface area contributed by atoms with E-state index in [-0.39, 0.29) is 0 Å². The summed E-state index contributed by atoms with van der Waals surface area (Å²) < 4.78 is 5.81. The fourth-order valence-corrected chi connectivity index (χ4v) is 3.10. The molecule has 3 aromatic carbocycles. The molecule has 0 aromatic heterocycles. The van der Waals surface area contributed by atoms with Crippen LogP contribution in [0.5, 0.6) is 0 Å². The molecule has 0 unspecified atom stereocenters. The topological polar surface area (TPSA) is 29.5 Å². The first-order valence-corrected chi connectivity index (χ1v) is 9.32. The number of ether oxygens (including phenoxy) is 1. The van der Waals surface area contributed by atoms with Crippen LogP contribution in [0, 0.1) is 0 Å². The molecule has 3 nitrogen and oxygen atoms in total. The first-order chi connectivity index (χ1) is 12.8. The second-order valence-electron chi connectivity index (χ2n) is 5.88. The fourth-order valence-electron chi connectivity index (χ4n) is 2.83. The predicted molar refractivity (Wildman–Crippen MR) is 109 cm³/mol. The van der Waals surface area contributed by atoms with Crippen LogP contribution in [-0.2, 0) is 16.0 Å². The van der Waals surface area contributed by atoms with Gasteiger partial charge in [-0.05, 0) is 66.9 Å². The molecule has 3 aromatic rings. The number of para-hydroxylation sites is 1. The molecular weight excluding hydrogens is 390 g/mol. The Bertz CT molecular complexity index is 817. The van der Waals surface area contributed by atoms with Crippen molar-refractivity contribution in [1.82, 2.24) is 0 Å². The number of rotatable bonds is 8. The summed E-state index contributed by atoms with van der Waals surface area (Å²) >= 11 is 3.50. The van der Waals surface area contributed by atoms with E-state index < -0.39 is 0 Å². The first kappa shape index (κ1) is 18.2. The molecule has 0 spiro atoms. The molecule has 0 aliphatic carbocycles. The van der Waals surface area contributed by atoms with Crippen molar-refractivity contribution < 1.29 is 9.53 Å². The van der Waals surface area contributed by atoms with Gasteiger partial charge in [-0.2, -0.15) is 0 Å². The van der Waals surface area contributed by atoms with E-state index in [0.717, 1.165) is 34.4 Å². The molecule has 0 atom stereocenters. The zero-order chi connectivity index (χ0) is 18.2. The van der Waals surface area contributed by atoms with Gasteiger partial charge in [0.25, 0.3) is 6.47 Å². The normalized spacial score (nSPS) is 10.3. The average Bonchev–Trinajstić information content (AvgIpc) is 2.69. The zero-order valence-electron chi connectivity index (χ0n) is 14.3. The van der Waals surface area contributed by atoms with Crippen molar-refractivity contribution in [3.05, 3.63) is 88.9 Å². The third kappa shape index (κ3) is 4.73. The van der Waals surface area contributed by atoms with E-state index in [9.17, 15) is 4.79 Å². The van der Waals surface area contributed by atoms with Crippen molar-refractivity contribution in [2.45, 2.75) is 12.8 Å². The van der Waals surface area contributed by atoms with E-state index >= 15 is 0 Å². The van der Waals surface area contributed by atoms with Gasteiger partial charge >= 0.3 is 0 Å². The summed E-state index contributed by atoms with van der Waals surface area (Å²) in [6, 6.07) is 27.1. The molecule has 0 radical (unpaired) electrons. The maximum atomic E-state index is 10.2. The monoisotopic (exact) mass is 409 g/mol. The third-order valence-corrected chi connectivity index (χ3v) is 4.62. The number of aryl methyl sites for hydroxylation is 1. The maximum absolute atomic E-state index is 10.2. The Morgan fingerprint density at radius 3 is 2.00 bits per heavy atom. The van der Waals surface area contributed by atoms with Crippen LogP contribution in [0.2, 0.25) is 0 Å². The van der Waals surface area contributed by atoms with Gasteiger partial charge in [0.1, 0.15) is 0 Å². The fraction of sp³-hybridized carbons (Fsp3) is 0.136. The van der Waals surface area contributed by atoms with Crippen LogP contribution in [0.4, 0.5) is 17.1 Å². The smallest absolute Gasteiger partial charge is 0.293 e. The maximum Gasteiger partial charge on any atom is 0.293 e. The van der Waals surface area contributed by atoms with Gasteiger partial charge in [0.05, 0.1) is 6.61 Å². The van der Waals surface area contributed by atoms with Gasteiger partial charge in [-0.25, -0.2) is 0 Å². The molecule has 0 bridgehead atoms. The molecule has 0 aliphatic heterocycles.